The van der Waals surface area contributed by atoms with E-state index in [1.165, 1.54) is 6.07 Å². The third-order valence-electron chi connectivity index (χ3n) is 5.27. The van der Waals surface area contributed by atoms with Crippen molar-refractivity contribution in [3.63, 3.8) is 0 Å². The Morgan fingerprint density at radius 2 is 1.82 bits per heavy atom. The molecule has 0 saturated carbocycles. The maximum Gasteiger partial charge on any atom is 0.261 e. The zero-order chi connectivity index (χ0) is 19.7. The second kappa shape index (κ2) is 7.55. The Morgan fingerprint density at radius 1 is 1.07 bits per heavy atom. The average molecular weight is 380 g/mol. The third-order valence-corrected chi connectivity index (χ3v) is 5.27. The standard InChI is InChI=1S/C20H24N6O2/c1-3-24-8-10-25(11-9-24)20-22-15(12-18(27)23-20)13-26-14(2)21-17-7-5-4-6-16(17)19(26)28/h4-7,12H,3,8-11,13H2,1-2H3,(H,22,23,27). The van der Waals surface area contributed by atoms with Gasteiger partial charge >= 0.3 is 0 Å². The number of fused-ring (bicyclic) bond motifs is 1. The lowest BCUT2D eigenvalue weighted by Crippen LogP contribution is -2.47. The number of anilines is 1. The van der Waals surface area contributed by atoms with Gasteiger partial charge in [-0.05, 0) is 25.6 Å². The minimum atomic E-state index is -0.211. The number of nitrogens with zero attached hydrogens (tertiary/aromatic N) is 5. The van der Waals surface area contributed by atoms with Gasteiger partial charge in [-0.3, -0.25) is 19.1 Å². The van der Waals surface area contributed by atoms with E-state index >= 15 is 0 Å². The Labute approximate surface area is 162 Å². The Morgan fingerprint density at radius 3 is 2.57 bits per heavy atom. The van der Waals surface area contributed by atoms with E-state index in [1.54, 1.807) is 17.6 Å². The molecule has 0 spiro atoms. The second-order valence-electron chi connectivity index (χ2n) is 7.05. The van der Waals surface area contributed by atoms with Gasteiger partial charge in [0.05, 0.1) is 23.1 Å². The summed E-state index contributed by atoms with van der Waals surface area (Å²) in [4.78, 5) is 41.5. The van der Waals surface area contributed by atoms with Crippen molar-refractivity contribution in [3.8, 4) is 0 Å². The summed E-state index contributed by atoms with van der Waals surface area (Å²) in [6, 6.07) is 8.73. The van der Waals surface area contributed by atoms with Crippen LogP contribution in [0.4, 0.5) is 5.95 Å². The molecule has 3 heterocycles. The number of nitrogens with one attached hydrogen (secondary N) is 1. The second-order valence-corrected chi connectivity index (χ2v) is 7.05. The lowest BCUT2D eigenvalue weighted by molar-refractivity contribution is 0.269. The van der Waals surface area contributed by atoms with Crippen LogP contribution in [-0.2, 0) is 6.54 Å². The number of benzene rings is 1. The largest absolute Gasteiger partial charge is 0.340 e. The molecule has 1 saturated heterocycles. The number of rotatable bonds is 4. The van der Waals surface area contributed by atoms with E-state index in [0.29, 0.717) is 28.4 Å². The molecular formula is C20H24N6O2. The highest BCUT2D eigenvalue weighted by atomic mass is 16.1. The maximum atomic E-state index is 12.9. The molecule has 1 aliphatic rings. The van der Waals surface area contributed by atoms with E-state index in [1.807, 2.05) is 18.2 Å². The van der Waals surface area contributed by atoms with Crippen LogP contribution in [0.5, 0.6) is 0 Å². The van der Waals surface area contributed by atoms with Gasteiger partial charge in [0, 0.05) is 32.2 Å². The van der Waals surface area contributed by atoms with Crippen LogP contribution in [0.3, 0.4) is 0 Å². The van der Waals surface area contributed by atoms with Gasteiger partial charge in [-0.25, -0.2) is 9.97 Å². The number of likely N-dealkylation sites (N-methyl/N-ethyl adjacent to an activating group) is 1. The fourth-order valence-corrected chi connectivity index (χ4v) is 3.63. The summed E-state index contributed by atoms with van der Waals surface area (Å²) in [6.07, 6.45) is 0. The molecule has 2 aromatic heterocycles. The van der Waals surface area contributed by atoms with Gasteiger partial charge in [0.2, 0.25) is 5.95 Å². The molecule has 0 unspecified atom stereocenters. The van der Waals surface area contributed by atoms with Crippen molar-refractivity contribution >= 4 is 16.9 Å². The third kappa shape index (κ3) is 3.55. The summed E-state index contributed by atoms with van der Waals surface area (Å²) in [5.41, 5.74) is 0.897. The molecule has 0 atom stereocenters. The van der Waals surface area contributed by atoms with Crippen LogP contribution in [0, 0.1) is 6.92 Å². The molecule has 1 fully saturated rings. The molecule has 0 bridgehead atoms. The molecule has 1 aliphatic heterocycles. The summed E-state index contributed by atoms with van der Waals surface area (Å²) < 4.78 is 1.57. The Hall–Kier alpha value is -3.00. The first kappa shape index (κ1) is 18.4. The molecule has 28 heavy (non-hydrogen) atoms. The number of aryl methyl sites for hydroxylation is 1. The predicted molar refractivity (Wildman–Crippen MR) is 109 cm³/mol. The normalized spacial score (nSPS) is 15.3. The molecular weight excluding hydrogens is 356 g/mol. The van der Waals surface area contributed by atoms with Crippen molar-refractivity contribution < 1.29 is 0 Å². The van der Waals surface area contributed by atoms with E-state index in [-0.39, 0.29) is 17.7 Å². The number of para-hydroxylation sites is 1. The van der Waals surface area contributed by atoms with Crippen LogP contribution in [-0.4, -0.2) is 57.1 Å². The molecule has 146 valence electrons. The number of hydrogen-bond acceptors (Lipinski definition) is 6. The van der Waals surface area contributed by atoms with Gasteiger partial charge in [0.1, 0.15) is 5.82 Å². The van der Waals surface area contributed by atoms with Crippen molar-refractivity contribution in [2.45, 2.75) is 20.4 Å². The predicted octanol–water partition coefficient (Wildman–Crippen LogP) is 0.978. The summed E-state index contributed by atoms with van der Waals surface area (Å²) in [7, 11) is 0. The van der Waals surface area contributed by atoms with Gasteiger partial charge in [0.15, 0.2) is 0 Å². The molecule has 3 aromatic rings. The lowest BCUT2D eigenvalue weighted by atomic mass is 10.2. The lowest BCUT2D eigenvalue weighted by Gasteiger charge is -2.34. The highest BCUT2D eigenvalue weighted by Crippen LogP contribution is 2.12. The van der Waals surface area contributed by atoms with E-state index < -0.39 is 0 Å². The van der Waals surface area contributed by atoms with Crippen LogP contribution in [0.1, 0.15) is 18.4 Å². The molecule has 0 aliphatic carbocycles. The van der Waals surface area contributed by atoms with Crippen molar-refractivity contribution in [2.75, 3.05) is 37.6 Å². The zero-order valence-corrected chi connectivity index (χ0v) is 16.2. The van der Waals surface area contributed by atoms with Gasteiger partial charge in [-0.1, -0.05) is 19.1 Å². The first-order valence-electron chi connectivity index (χ1n) is 9.59. The van der Waals surface area contributed by atoms with E-state index in [2.05, 4.69) is 31.7 Å². The first-order valence-corrected chi connectivity index (χ1v) is 9.59. The Kier molecular flexibility index (Phi) is 4.95. The van der Waals surface area contributed by atoms with Crippen molar-refractivity contribution in [1.82, 2.24) is 24.4 Å². The Balaban J connectivity index is 1.66. The number of aromatic nitrogens is 4. The van der Waals surface area contributed by atoms with E-state index in [9.17, 15) is 9.59 Å². The van der Waals surface area contributed by atoms with Crippen molar-refractivity contribution in [2.24, 2.45) is 0 Å². The Bertz CT molecular complexity index is 1110. The molecule has 1 aromatic carbocycles. The quantitative estimate of drug-likeness (QED) is 0.726. The summed E-state index contributed by atoms with van der Waals surface area (Å²) >= 11 is 0. The SMILES string of the molecule is CCN1CCN(c2nc(Cn3c(C)nc4ccccc4c3=O)cc(=O)[nH]2)CC1. The number of piperazine rings is 1. The van der Waals surface area contributed by atoms with Crippen LogP contribution in [0.2, 0.25) is 0 Å². The molecule has 8 heteroatoms. The fourth-order valence-electron chi connectivity index (χ4n) is 3.63. The topological polar surface area (TPSA) is 87.1 Å². The minimum Gasteiger partial charge on any atom is -0.340 e. The number of aromatic amines is 1. The van der Waals surface area contributed by atoms with Crippen LogP contribution in [0.25, 0.3) is 10.9 Å². The molecule has 0 radical (unpaired) electrons. The highest BCUT2D eigenvalue weighted by Gasteiger charge is 2.18. The number of hydrogen-bond donors (Lipinski definition) is 1. The summed E-state index contributed by atoms with van der Waals surface area (Å²) in [5, 5.41) is 0.564. The first-order chi connectivity index (χ1) is 13.5. The zero-order valence-electron chi connectivity index (χ0n) is 16.2. The minimum absolute atomic E-state index is 0.122. The van der Waals surface area contributed by atoms with Gasteiger partial charge in [0.25, 0.3) is 11.1 Å². The molecule has 0 amide bonds. The van der Waals surface area contributed by atoms with Crippen LogP contribution in [0.15, 0.2) is 39.9 Å². The van der Waals surface area contributed by atoms with Crippen LogP contribution < -0.4 is 16.0 Å². The molecule has 4 rings (SSSR count). The maximum absolute atomic E-state index is 12.9. The van der Waals surface area contributed by atoms with Crippen molar-refractivity contribution in [3.05, 3.63) is 62.6 Å². The average Bonchev–Trinajstić information content (AvgIpc) is 2.71. The monoisotopic (exact) mass is 380 g/mol. The van der Waals surface area contributed by atoms with E-state index in [4.69, 9.17) is 0 Å². The molecule has 1 N–H and O–H groups in total. The number of H-pyrrole nitrogens is 1. The van der Waals surface area contributed by atoms with E-state index in [0.717, 1.165) is 32.7 Å². The fraction of sp³-hybridized carbons (Fsp3) is 0.400. The summed E-state index contributed by atoms with van der Waals surface area (Å²) in [6.45, 7) is 8.70. The van der Waals surface area contributed by atoms with Gasteiger partial charge in [-0.15, -0.1) is 0 Å². The smallest absolute Gasteiger partial charge is 0.261 e. The summed E-state index contributed by atoms with van der Waals surface area (Å²) in [5.74, 6) is 1.17. The van der Waals surface area contributed by atoms with Crippen LogP contribution >= 0.6 is 0 Å². The van der Waals surface area contributed by atoms with Gasteiger partial charge < -0.3 is 9.80 Å². The highest BCUT2D eigenvalue weighted by molar-refractivity contribution is 5.77. The van der Waals surface area contributed by atoms with Crippen molar-refractivity contribution in [1.29, 1.82) is 0 Å². The molecule has 8 nitrogen and oxygen atoms in total. The van der Waals surface area contributed by atoms with Gasteiger partial charge in [-0.2, -0.15) is 0 Å².